The monoisotopic (exact) mass is 172 g/mol. The minimum absolute atomic E-state index is 0.500. The molecule has 0 atom stereocenters. The number of halogens is 1. The minimum Gasteiger partial charge on any atom is -0.386 e. The highest BCUT2D eigenvalue weighted by Gasteiger charge is 2.12. The zero-order valence-electron chi connectivity index (χ0n) is 6.93. The highest BCUT2D eigenvalue weighted by atomic mass is 35.5. The maximum Gasteiger partial charge on any atom is 0.145 e. The summed E-state index contributed by atoms with van der Waals surface area (Å²) in [6, 6.07) is 0. The molecule has 0 aromatic carbocycles. The first kappa shape index (κ1) is 8.66. The molecule has 0 heterocycles. The first-order valence-corrected chi connectivity index (χ1v) is 4.25. The van der Waals surface area contributed by atoms with Crippen molar-refractivity contribution in [1.82, 2.24) is 0 Å². The van der Waals surface area contributed by atoms with Crippen LogP contribution in [0, 0.1) is 5.92 Å². The van der Waals surface area contributed by atoms with Crippen LogP contribution in [0.15, 0.2) is 23.5 Å². The van der Waals surface area contributed by atoms with Crippen LogP contribution in [-0.2, 0) is 4.29 Å². The van der Waals surface area contributed by atoms with E-state index in [4.69, 9.17) is 16.2 Å². The van der Waals surface area contributed by atoms with E-state index in [1.807, 2.05) is 6.08 Å². The van der Waals surface area contributed by atoms with Gasteiger partial charge in [0.05, 0.1) is 0 Å². The smallest absolute Gasteiger partial charge is 0.145 e. The first-order valence-electron chi connectivity index (χ1n) is 3.95. The van der Waals surface area contributed by atoms with Gasteiger partial charge < -0.3 is 4.29 Å². The lowest BCUT2D eigenvalue weighted by Crippen LogP contribution is -2.01. The van der Waals surface area contributed by atoms with Crippen molar-refractivity contribution in [3.8, 4) is 0 Å². The molecule has 1 rings (SSSR count). The quantitative estimate of drug-likeness (QED) is 0.620. The topological polar surface area (TPSA) is 9.23 Å². The summed E-state index contributed by atoms with van der Waals surface area (Å²) in [7, 11) is 0. The Morgan fingerprint density at radius 2 is 2.00 bits per heavy atom. The molecule has 11 heavy (non-hydrogen) atoms. The fourth-order valence-electron chi connectivity index (χ4n) is 1.27. The molecule has 2 heteroatoms. The van der Waals surface area contributed by atoms with Crippen LogP contribution in [0.2, 0.25) is 0 Å². The molecule has 0 unspecified atom stereocenters. The largest absolute Gasteiger partial charge is 0.386 e. The number of allylic oxidation sites excluding steroid dienone is 3. The van der Waals surface area contributed by atoms with Crippen LogP contribution in [0.25, 0.3) is 0 Å². The normalized spacial score (nSPS) is 17.8. The van der Waals surface area contributed by atoms with E-state index in [0.29, 0.717) is 5.92 Å². The summed E-state index contributed by atoms with van der Waals surface area (Å²) in [5, 5.41) is 0. The van der Waals surface area contributed by atoms with E-state index in [-0.39, 0.29) is 0 Å². The third-order valence-corrected chi connectivity index (χ3v) is 2.02. The SMILES string of the molecule is CC(C)C1=CCCC=C1OCl. The average molecular weight is 173 g/mol. The Morgan fingerprint density at radius 3 is 2.45 bits per heavy atom. The van der Waals surface area contributed by atoms with Gasteiger partial charge in [0.2, 0.25) is 0 Å². The molecular formula is C9H13ClO. The average Bonchev–Trinajstić information content (AvgIpc) is 2.04. The fraction of sp³-hybridized carbons (Fsp3) is 0.556. The zero-order valence-corrected chi connectivity index (χ0v) is 7.69. The van der Waals surface area contributed by atoms with E-state index in [9.17, 15) is 0 Å². The van der Waals surface area contributed by atoms with Crippen LogP contribution in [0.4, 0.5) is 0 Å². The van der Waals surface area contributed by atoms with Crippen molar-refractivity contribution < 1.29 is 4.29 Å². The molecule has 0 spiro atoms. The van der Waals surface area contributed by atoms with Gasteiger partial charge in [-0.3, -0.25) is 0 Å². The van der Waals surface area contributed by atoms with E-state index in [1.165, 1.54) is 5.57 Å². The summed E-state index contributed by atoms with van der Waals surface area (Å²) in [5.41, 5.74) is 1.23. The highest BCUT2D eigenvalue weighted by Crippen LogP contribution is 2.26. The van der Waals surface area contributed by atoms with Crippen LogP contribution in [0.1, 0.15) is 26.7 Å². The lowest BCUT2D eigenvalue weighted by Gasteiger charge is -2.15. The molecular weight excluding hydrogens is 160 g/mol. The van der Waals surface area contributed by atoms with Crippen molar-refractivity contribution in [2.24, 2.45) is 5.92 Å². The maximum atomic E-state index is 5.31. The molecule has 0 fully saturated rings. The van der Waals surface area contributed by atoms with Gasteiger partial charge in [-0.05, 0) is 30.4 Å². The molecule has 0 saturated heterocycles. The third kappa shape index (κ3) is 2.00. The van der Waals surface area contributed by atoms with Crippen LogP contribution >= 0.6 is 11.9 Å². The second-order valence-corrected chi connectivity index (χ2v) is 3.19. The van der Waals surface area contributed by atoms with Gasteiger partial charge in [-0.15, -0.1) is 0 Å². The van der Waals surface area contributed by atoms with Crippen LogP contribution in [0.5, 0.6) is 0 Å². The summed E-state index contributed by atoms with van der Waals surface area (Å²) < 4.78 is 4.73. The highest BCUT2D eigenvalue weighted by molar-refractivity contribution is 6.08. The zero-order chi connectivity index (χ0) is 8.27. The Hall–Kier alpha value is -0.430. The molecule has 0 aromatic heterocycles. The van der Waals surface area contributed by atoms with E-state index < -0.39 is 0 Å². The summed E-state index contributed by atoms with van der Waals surface area (Å²) in [6.07, 6.45) is 6.39. The van der Waals surface area contributed by atoms with Gasteiger partial charge in [0.15, 0.2) is 0 Å². The van der Waals surface area contributed by atoms with Gasteiger partial charge >= 0.3 is 0 Å². The Kier molecular flexibility index (Phi) is 3.01. The van der Waals surface area contributed by atoms with Gasteiger partial charge in [0.25, 0.3) is 0 Å². The van der Waals surface area contributed by atoms with E-state index in [1.54, 1.807) is 0 Å². The van der Waals surface area contributed by atoms with Crippen molar-refractivity contribution in [1.29, 1.82) is 0 Å². The number of hydrogen-bond acceptors (Lipinski definition) is 1. The molecule has 1 aliphatic rings. The lowest BCUT2D eigenvalue weighted by atomic mass is 9.95. The van der Waals surface area contributed by atoms with Gasteiger partial charge in [-0.25, -0.2) is 0 Å². The molecule has 0 bridgehead atoms. The molecule has 1 nitrogen and oxygen atoms in total. The first-order chi connectivity index (χ1) is 5.25. The van der Waals surface area contributed by atoms with Gasteiger partial charge in [-0.1, -0.05) is 19.9 Å². The molecule has 0 aliphatic heterocycles. The van der Waals surface area contributed by atoms with Gasteiger partial charge in [-0.2, -0.15) is 0 Å². The van der Waals surface area contributed by atoms with Crippen molar-refractivity contribution in [3.63, 3.8) is 0 Å². The Balaban J connectivity index is 2.75. The Bertz CT molecular complexity index is 192. The van der Waals surface area contributed by atoms with E-state index >= 15 is 0 Å². The number of hydrogen-bond donors (Lipinski definition) is 0. The third-order valence-electron chi connectivity index (χ3n) is 1.85. The van der Waals surface area contributed by atoms with Crippen LogP contribution in [-0.4, -0.2) is 0 Å². The van der Waals surface area contributed by atoms with Gasteiger partial charge in [0, 0.05) is 0 Å². The molecule has 0 aromatic rings. The second kappa shape index (κ2) is 3.82. The lowest BCUT2D eigenvalue weighted by molar-refractivity contribution is 0.460. The Morgan fingerprint density at radius 1 is 1.36 bits per heavy atom. The minimum atomic E-state index is 0.500. The van der Waals surface area contributed by atoms with Crippen molar-refractivity contribution in [2.45, 2.75) is 26.7 Å². The maximum absolute atomic E-state index is 5.31. The molecule has 0 saturated carbocycles. The molecule has 0 N–H and O–H groups in total. The standard InChI is InChI=1S/C9H13ClO/c1-7(2)8-5-3-4-6-9(8)11-10/h5-7H,3-4H2,1-2H3. The van der Waals surface area contributed by atoms with Crippen LogP contribution in [0.3, 0.4) is 0 Å². The summed E-state index contributed by atoms with van der Waals surface area (Å²) in [5.74, 6) is 1.34. The summed E-state index contributed by atoms with van der Waals surface area (Å²) in [6.45, 7) is 4.28. The van der Waals surface area contributed by atoms with Crippen molar-refractivity contribution in [3.05, 3.63) is 23.5 Å². The Labute approximate surface area is 72.9 Å². The van der Waals surface area contributed by atoms with E-state index in [0.717, 1.165) is 18.6 Å². The van der Waals surface area contributed by atoms with Gasteiger partial charge in [0.1, 0.15) is 17.6 Å². The number of rotatable bonds is 2. The molecule has 0 radical (unpaired) electrons. The summed E-state index contributed by atoms with van der Waals surface area (Å²) >= 11 is 5.31. The second-order valence-electron chi connectivity index (χ2n) is 3.04. The summed E-state index contributed by atoms with van der Waals surface area (Å²) in [4.78, 5) is 0. The molecule has 0 amide bonds. The van der Waals surface area contributed by atoms with Crippen LogP contribution < -0.4 is 0 Å². The van der Waals surface area contributed by atoms with Crippen molar-refractivity contribution >= 4 is 11.9 Å². The molecule has 62 valence electrons. The predicted octanol–water partition coefficient (Wildman–Crippen LogP) is 3.42. The fourth-order valence-corrected chi connectivity index (χ4v) is 1.42. The van der Waals surface area contributed by atoms with E-state index in [2.05, 4.69) is 19.9 Å². The van der Waals surface area contributed by atoms with Crippen molar-refractivity contribution in [2.75, 3.05) is 0 Å². The predicted molar refractivity (Wildman–Crippen MR) is 47.2 cm³/mol. The molecule has 1 aliphatic carbocycles.